The Kier molecular flexibility index (Phi) is 5.21. The highest BCUT2D eigenvalue weighted by Gasteiger charge is 2.24. The minimum absolute atomic E-state index is 0.0867. The second-order valence-corrected chi connectivity index (χ2v) is 6.62. The Morgan fingerprint density at radius 1 is 1.17 bits per heavy atom. The van der Waals surface area contributed by atoms with Crippen molar-refractivity contribution in [3.05, 3.63) is 52.3 Å². The van der Waals surface area contributed by atoms with Gasteiger partial charge in [0.25, 0.3) is 5.91 Å². The lowest BCUT2D eigenvalue weighted by atomic mass is 10.2. The van der Waals surface area contributed by atoms with E-state index in [1.54, 1.807) is 4.68 Å². The van der Waals surface area contributed by atoms with E-state index in [0.29, 0.717) is 12.2 Å². The van der Waals surface area contributed by atoms with Crippen LogP contribution >= 0.6 is 11.6 Å². The zero-order valence-electron chi connectivity index (χ0n) is 14.2. The van der Waals surface area contributed by atoms with Gasteiger partial charge in [-0.15, -0.1) is 0 Å². The molecule has 6 heteroatoms. The monoisotopic (exact) mass is 346 g/mol. The van der Waals surface area contributed by atoms with Gasteiger partial charge in [0.15, 0.2) is 0 Å². The van der Waals surface area contributed by atoms with Crippen molar-refractivity contribution in [3.8, 4) is 0 Å². The Hall–Kier alpha value is -1.85. The molecular weight excluding hydrogens is 324 g/mol. The van der Waals surface area contributed by atoms with Crippen LogP contribution in [0, 0.1) is 6.92 Å². The number of carbonyl (C=O) groups excluding carboxylic acids is 1. The van der Waals surface area contributed by atoms with E-state index in [1.165, 1.54) is 5.56 Å². The molecule has 0 atom stereocenters. The molecule has 1 aliphatic heterocycles. The number of carbonyl (C=O) groups is 1. The summed E-state index contributed by atoms with van der Waals surface area (Å²) in [7, 11) is 0. The van der Waals surface area contributed by atoms with E-state index >= 15 is 0 Å². The third kappa shape index (κ3) is 3.79. The normalized spacial score (nSPS) is 15.7. The smallest absolute Gasteiger partial charge is 0.272 e. The van der Waals surface area contributed by atoms with Crippen LogP contribution in [0.25, 0.3) is 0 Å². The van der Waals surface area contributed by atoms with Crippen LogP contribution in [0.5, 0.6) is 0 Å². The highest BCUT2D eigenvalue weighted by molar-refractivity contribution is 6.30. The summed E-state index contributed by atoms with van der Waals surface area (Å²) < 4.78 is 1.79. The van der Waals surface area contributed by atoms with E-state index in [2.05, 4.69) is 22.1 Å². The molecule has 1 aliphatic rings. The van der Waals surface area contributed by atoms with Crippen molar-refractivity contribution in [1.82, 2.24) is 19.6 Å². The first kappa shape index (κ1) is 17.0. The number of benzene rings is 1. The molecule has 0 unspecified atom stereocenters. The molecule has 3 rings (SSSR count). The quantitative estimate of drug-likeness (QED) is 0.854. The Balaban J connectivity index is 1.58. The zero-order valence-corrected chi connectivity index (χ0v) is 15.0. The maximum atomic E-state index is 12.7. The number of hydrogen-bond donors (Lipinski definition) is 0. The SMILES string of the molecule is CCn1nc(C)cc1C(=O)N1CCN(Cc2ccc(Cl)cc2)CC1. The predicted octanol–water partition coefficient (Wildman–Crippen LogP) is 2.82. The predicted molar refractivity (Wildman–Crippen MR) is 95.3 cm³/mol. The molecule has 0 N–H and O–H groups in total. The Morgan fingerprint density at radius 2 is 1.83 bits per heavy atom. The lowest BCUT2D eigenvalue weighted by Gasteiger charge is -2.34. The molecule has 0 spiro atoms. The molecule has 5 nitrogen and oxygen atoms in total. The molecule has 1 aromatic heterocycles. The molecular formula is C18H23ClN4O. The molecule has 128 valence electrons. The van der Waals surface area contributed by atoms with Gasteiger partial charge in [0.2, 0.25) is 0 Å². The fourth-order valence-electron chi connectivity index (χ4n) is 3.08. The first-order valence-corrected chi connectivity index (χ1v) is 8.75. The zero-order chi connectivity index (χ0) is 17.1. The van der Waals surface area contributed by atoms with Crippen LogP contribution in [0.3, 0.4) is 0 Å². The number of aryl methyl sites for hydroxylation is 2. The maximum Gasteiger partial charge on any atom is 0.272 e. The fourth-order valence-corrected chi connectivity index (χ4v) is 3.20. The Bertz CT molecular complexity index is 702. The van der Waals surface area contributed by atoms with E-state index in [4.69, 9.17) is 11.6 Å². The van der Waals surface area contributed by atoms with E-state index < -0.39 is 0 Å². The largest absolute Gasteiger partial charge is 0.335 e. The van der Waals surface area contributed by atoms with Crippen LogP contribution in [-0.2, 0) is 13.1 Å². The molecule has 1 saturated heterocycles. The van der Waals surface area contributed by atoms with Gasteiger partial charge in [-0.25, -0.2) is 0 Å². The highest BCUT2D eigenvalue weighted by Crippen LogP contribution is 2.14. The summed E-state index contributed by atoms with van der Waals surface area (Å²) in [5.74, 6) is 0.0867. The summed E-state index contributed by atoms with van der Waals surface area (Å²) in [6, 6.07) is 9.84. The average Bonchev–Trinajstić information content (AvgIpc) is 2.98. The van der Waals surface area contributed by atoms with Crippen LogP contribution in [0.4, 0.5) is 0 Å². The summed E-state index contributed by atoms with van der Waals surface area (Å²) >= 11 is 5.93. The van der Waals surface area contributed by atoms with Crippen LogP contribution in [0.2, 0.25) is 5.02 Å². The minimum atomic E-state index is 0.0867. The number of nitrogens with zero attached hydrogens (tertiary/aromatic N) is 4. The molecule has 24 heavy (non-hydrogen) atoms. The van der Waals surface area contributed by atoms with E-state index in [-0.39, 0.29) is 5.91 Å². The Labute approximate surface area is 147 Å². The van der Waals surface area contributed by atoms with Gasteiger partial charge in [0.1, 0.15) is 5.69 Å². The molecule has 0 aliphatic carbocycles. The van der Waals surface area contributed by atoms with Crippen molar-refractivity contribution < 1.29 is 4.79 Å². The fraction of sp³-hybridized carbons (Fsp3) is 0.444. The van der Waals surface area contributed by atoms with E-state index in [9.17, 15) is 4.79 Å². The summed E-state index contributed by atoms with van der Waals surface area (Å²) in [5, 5.41) is 5.13. The van der Waals surface area contributed by atoms with Gasteiger partial charge in [-0.2, -0.15) is 5.10 Å². The standard InChI is InChI=1S/C18H23ClN4O/c1-3-23-17(12-14(2)20-23)18(24)22-10-8-21(9-11-22)13-15-4-6-16(19)7-5-15/h4-7,12H,3,8-11,13H2,1-2H3. The second kappa shape index (κ2) is 7.36. The van der Waals surface area contributed by atoms with Gasteiger partial charge in [0.05, 0.1) is 5.69 Å². The van der Waals surface area contributed by atoms with Crippen molar-refractivity contribution >= 4 is 17.5 Å². The van der Waals surface area contributed by atoms with Crippen LogP contribution in [-0.4, -0.2) is 51.7 Å². The van der Waals surface area contributed by atoms with Gasteiger partial charge >= 0.3 is 0 Å². The van der Waals surface area contributed by atoms with E-state index in [1.807, 2.05) is 36.9 Å². The number of piperazine rings is 1. The van der Waals surface area contributed by atoms with Gasteiger partial charge in [-0.3, -0.25) is 14.4 Å². The first-order chi connectivity index (χ1) is 11.6. The highest BCUT2D eigenvalue weighted by atomic mass is 35.5. The third-order valence-electron chi connectivity index (χ3n) is 4.40. The van der Waals surface area contributed by atoms with Crippen LogP contribution < -0.4 is 0 Å². The topological polar surface area (TPSA) is 41.4 Å². The summed E-state index contributed by atoms with van der Waals surface area (Å²) in [6.45, 7) is 8.80. The van der Waals surface area contributed by atoms with Gasteiger partial charge in [-0.05, 0) is 37.6 Å². The van der Waals surface area contributed by atoms with Crippen molar-refractivity contribution in [1.29, 1.82) is 0 Å². The minimum Gasteiger partial charge on any atom is -0.335 e. The van der Waals surface area contributed by atoms with E-state index in [0.717, 1.165) is 43.4 Å². The summed E-state index contributed by atoms with van der Waals surface area (Å²) in [6.07, 6.45) is 0. The van der Waals surface area contributed by atoms with Gasteiger partial charge < -0.3 is 4.90 Å². The molecule has 0 saturated carbocycles. The number of aromatic nitrogens is 2. The molecule has 1 fully saturated rings. The second-order valence-electron chi connectivity index (χ2n) is 6.18. The molecule has 0 bridgehead atoms. The molecule has 0 radical (unpaired) electrons. The van der Waals surface area contributed by atoms with Crippen LogP contribution in [0.1, 0.15) is 28.7 Å². The summed E-state index contributed by atoms with van der Waals surface area (Å²) in [5.41, 5.74) is 2.83. The van der Waals surface area contributed by atoms with Crippen molar-refractivity contribution in [2.24, 2.45) is 0 Å². The Morgan fingerprint density at radius 3 is 2.46 bits per heavy atom. The lowest BCUT2D eigenvalue weighted by Crippen LogP contribution is -2.48. The molecule has 2 heterocycles. The third-order valence-corrected chi connectivity index (χ3v) is 4.65. The number of hydrogen-bond acceptors (Lipinski definition) is 3. The van der Waals surface area contributed by atoms with Crippen molar-refractivity contribution in [3.63, 3.8) is 0 Å². The van der Waals surface area contributed by atoms with Crippen molar-refractivity contribution in [2.45, 2.75) is 26.9 Å². The average molecular weight is 347 g/mol. The van der Waals surface area contributed by atoms with Crippen LogP contribution in [0.15, 0.2) is 30.3 Å². The van der Waals surface area contributed by atoms with Crippen molar-refractivity contribution in [2.75, 3.05) is 26.2 Å². The molecule has 2 aromatic rings. The van der Waals surface area contributed by atoms with Gasteiger partial charge in [-0.1, -0.05) is 23.7 Å². The maximum absolute atomic E-state index is 12.7. The molecule has 1 aromatic carbocycles. The number of rotatable bonds is 4. The number of halogens is 1. The number of amides is 1. The molecule has 1 amide bonds. The summed E-state index contributed by atoms with van der Waals surface area (Å²) in [4.78, 5) is 17.0. The van der Waals surface area contributed by atoms with Gasteiger partial charge in [0, 0.05) is 44.3 Å². The first-order valence-electron chi connectivity index (χ1n) is 8.37. The lowest BCUT2D eigenvalue weighted by molar-refractivity contribution is 0.0616.